The van der Waals surface area contributed by atoms with Gasteiger partial charge < -0.3 is 10.1 Å². The molecule has 3 rings (SSSR count). The summed E-state index contributed by atoms with van der Waals surface area (Å²) in [7, 11) is 0. The Hall–Kier alpha value is -3.23. The predicted octanol–water partition coefficient (Wildman–Crippen LogP) is 4.79. The highest BCUT2D eigenvalue weighted by Crippen LogP contribution is 2.25. The maximum Gasteiger partial charge on any atom is 0.328 e. The number of unbranched alkanes of at least 4 members (excludes halogenated alkanes) is 3. The second-order valence-corrected chi connectivity index (χ2v) is 9.22. The van der Waals surface area contributed by atoms with Crippen LogP contribution in [0.25, 0.3) is 0 Å². The summed E-state index contributed by atoms with van der Waals surface area (Å²) in [4.78, 5) is 36.6. The molecule has 2 aromatic rings. The molecule has 8 nitrogen and oxygen atoms in total. The lowest BCUT2D eigenvalue weighted by molar-refractivity contribution is -0.151. The molecule has 2 amide bonds. The molecular formula is C28H37N3O5. The van der Waals surface area contributed by atoms with Crippen LogP contribution in [0.1, 0.15) is 81.4 Å². The summed E-state index contributed by atoms with van der Waals surface area (Å²) in [6, 6.07) is 16.5. The number of para-hydroxylation sites is 1. The molecule has 0 radical (unpaired) electrons. The van der Waals surface area contributed by atoms with Crippen LogP contribution in [0.5, 0.6) is 0 Å². The smallest absolute Gasteiger partial charge is 0.328 e. The first-order chi connectivity index (χ1) is 17.6. The van der Waals surface area contributed by atoms with Crippen LogP contribution in [0.2, 0.25) is 0 Å². The molecule has 194 valence electrons. The number of nitrogens with one attached hydrogen (secondary N) is 3. The highest BCUT2D eigenvalue weighted by atomic mass is 16.5. The minimum atomic E-state index is -0.594. The zero-order valence-corrected chi connectivity index (χ0v) is 20.7. The van der Waals surface area contributed by atoms with Gasteiger partial charge in [0.25, 0.3) is 0 Å². The molecule has 1 fully saturated rings. The number of ether oxygens (including phenoxy) is 1. The maximum atomic E-state index is 13.0. The average Bonchev–Trinajstić information content (AvgIpc) is 3.40. The lowest BCUT2D eigenvalue weighted by atomic mass is 10.1. The Morgan fingerprint density at radius 3 is 2.19 bits per heavy atom. The normalized spacial score (nSPS) is 14.2. The molecule has 4 N–H and O–H groups in total. The predicted molar refractivity (Wildman–Crippen MR) is 137 cm³/mol. The van der Waals surface area contributed by atoms with E-state index in [1.54, 1.807) is 5.48 Å². The van der Waals surface area contributed by atoms with Crippen molar-refractivity contribution >= 4 is 23.5 Å². The summed E-state index contributed by atoms with van der Waals surface area (Å²) < 4.78 is 5.80. The van der Waals surface area contributed by atoms with Gasteiger partial charge in [-0.05, 0) is 55.7 Å². The van der Waals surface area contributed by atoms with Gasteiger partial charge in [-0.1, -0.05) is 61.4 Å². The number of rotatable bonds is 14. The number of amides is 2. The Labute approximate surface area is 212 Å². The summed E-state index contributed by atoms with van der Waals surface area (Å²) in [5, 5.41) is 14.8. The van der Waals surface area contributed by atoms with E-state index in [2.05, 4.69) is 10.6 Å². The van der Waals surface area contributed by atoms with E-state index >= 15 is 0 Å². The number of carbonyl (C=O) groups excluding carboxylic acids is 3. The highest BCUT2D eigenvalue weighted by molar-refractivity contribution is 5.91. The Bertz CT molecular complexity index is 976. The fourth-order valence-electron chi connectivity index (χ4n) is 4.42. The zero-order valence-electron chi connectivity index (χ0n) is 20.7. The summed E-state index contributed by atoms with van der Waals surface area (Å²) in [5.41, 5.74) is 4.07. The minimum absolute atomic E-state index is 0.0103. The molecular weight excluding hydrogens is 458 g/mol. The molecule has 36 heavy (non-hydrogen) atoms. The number of esters is 1. The first-order valence-corrected chi connectivity index (χ1v) is 12.9. The third kappa shape index (κ3) is 9.09. The summed E-state index contributed by atoms with van der Waals surface area (Å²) >= 11 is 0. The third-order valence-corrected chi connectivity index (χ3v) is 6.42. The van der Waals surface area contributed by atoms with Gasteiger partial charge in [0.2, 0.25) is 11.8 Å². The standard InChI is InChI=1S/C28H37N3O5/c32-25(18-6-1-2-7-19-26(33)31-35)30-24-17-11-8-14-22(24)20-29-27(21-12-4-3-5-13-21)28(34)36-23-15-9-10-16-23/h3-5,8,11-14,17,23,27,29,35H,1-2,6-7,9-10,15-16,18-20H2,(H,30,32)(H,31,33). The van der Waals surface area contributed by atoms with Crippen LogP contribution >= 0.6 is 0 Å². The van der Waals surface area contributed by atoms with E-state index in [1.165, 1.54) is 0 Å². The largest absolute Gasteiger partial charge is 0.461 e. The first kappa shape index (κ1) is 27.4. The van der Waals surface area contributed by atoms with Gasteiger partial charge in [-0.25, -0.2) is 10.3 Å². The van der Waals surface area contributed by atoms with Gasteiger partial charge >= 0.3 is 5.97 Å². The maximum absolute atomic E-state index is 13.0. The van der Waals surface area contributed by atoms with Crippen molar-refractivity contribution in [2.45, 2.75) is 82.9 Å². The second kappa shape index (κ2) is 15.0. The third-order valence-electron chi connectivity index (χ3n) is 6.42. The first-order valence-electron chi connectivity index (χ1n) is 12.9. The number of anilines is 1. The molecule has 0 saturated heterocycles. The van der Waals surface area contributed by atoms with E-state index in [-0.39, 0.29) is 30.3 Å². The molecule has 0 aliphatic heterocycles. The molecule has 1 aliphatic carbocycles. The highest BCUT2D eigenvalue weighted by Gasteiger charge is 2.26. The number of benzene rings is 2. The van der Waals surface area contributed by atoms with Gasteiger partial charge in [0.1, 0.15) is 12.1 Å². The number of hydrogen-bond acceptors (Lipinski definition) is 6. The lowest BCUT2D eigenvalue weighted by Crippen LogP contribution is -2.32. The van der Waals surface area contributed by atoms with Gasteiger partial charge in [0.05, 0.1) is 0 Å². The van der Waals surface area contributed by atoms with E-state index < -0.39 is 6.04 Å². The molecule has 0 bridgehead atoms. The number of carbonyl (C=O) groups is 3. The van der Waals surface area contributed by atoms with E-state index in [1.807, 2.05) is 54.6 Å². The molecule has 1 saturated carbocycles. The van der Waals surface area contributed by atoms with E-state index in [4.69, 9.17) is 9.94 Å². The summed E-state index contributed by atoms with van der Waals surface area (Å²) in [5.74, 6) is -0.735. The summed E-state index contributed by atoms with van der Waals surface area (Å²) in [6.45, 7) is 0.392. The molecule has 0 aromatic heterocycles. The molecule has 1 aliphatic rings. The Morgan fingerprint density at radius 2 is 1.50 bits per heavy atom. The molecule has 0 heterocycles. The van der Waals surface area contributed by atoms with Crippen molar-refractivity contribution in [2.75, 3.05) is 5.32 Å². The van der Waals surface area contributed by atoms with Crippen LogP contribution in [0.3, 0.4) is 0 Å². The topological polar surface area (TPSA) is 117 Å². The Kier molecular flexibility index (Phi) is 11.4. The van der Waals surface area contributed by atoms with Crippen molar-refractivity contribution in [2.24, 2.45) is 0 Å². The Morgan fingerprint density at radius 1 is 0.861 bits per heavy atom. The van der Waals surface area contributed by atoms with E-state index in [9.17, 15) is 14.4 Å². The van der Waals surface area contributed by atoms with Crippen molar-refractivity contribution in [3.05, 3.63) is 65.7 Å². The fourth-order valence-corrected chi connectivity index (χ4v) is 4.42. The van der Waals surface area contributed by atoms with E-state index in [0.29, 0.717) is 25.1 Å². The van der Waals surface area contributed by atoms with Gasteiger partial charge in [-0.15, -0.1) is 0 Å². The second-order valence-electron chi connectivity index (χ2n) is 9.22. The van der Waals surface area contributed by atoms with Gasteiger partial charge in [-0.2, -0.15) is 0 Å². The van der Waals surface area contributed by atoms with Crippen molar-refractivity contribution < 1.29 is 24.3 Å². The van der Waals surface area contributed by atoms with Crippen LogP contribution in [-0.2, 0) is 25.7 Å². The van der Waals surface area contributed by atoms with Crippen LogP contribution in [0, 0.1) is 0 Å². The SMILES string of the molecule is O=C(CCCCCCC(=O)Nc1ccccc1CNC(C(=O)OC1CCCC1)c1ccccc1)NO. The summed E-state index contributed by atoms with van der Waals surface area (Å²) in [6.07, 6.45) is 7.71. The number of hydroxylamine groups is 1. The van der Waals surface area contributed by atoms with Crippen LogP contribution in [0.4, 0.5) is 5.69 Å². The van der Waals surface area contributed by atoms with Gasteiger partial charge in [0.15, 0.2) is 0 Å². The molecule has 1 atom stereocenters. The number of hydrogen-bond donors (Lipinski definition) is 4. The quantitative estimate of drug-likeness (QED) is 0.130. The molecule has 8 heteroatoms. The van der Waals surface area contributed by atoms with Crippen LogP contribution < -0.4 is 16.1 Å². The Balaban J connectivity index is 1.53. The van der Waals surface area contributed by atoms with Crippen molar-refractivity contribution in [1.29, 1.82) is 0 Å². The van der Waals surface area contributed by atoms with Crippen LogP contribution in [0.15, 0.2) is 54.6 Å². The minimum Gasteiger partial charge on any atom is -0.461 e. The molecule has 2 aromatic carbocycles. The average molecular weight is 496 g/mol. The molecule has 1 unspecified atom stereocenters. The van der Waals surface area contributed by atoms with E-state index in [0.717, 1.165) is 56.1 Å². The van der Waals surface area contributed by atoms with Crippen molar-refractivity contribution in [1.82, 2.24) is 10.8 Å². The fraction of sp³-hybridized carbons (Fsp3) is 0.464. The van der Waals surface area contributed by atoms with Crippen molar-refractivity contribution in [3.8, 4) is 0 Å². The zero-order chi connectivity index (χ0) is 25.6. The lowest BCUT2D eigenvalue weighted by Gasteiger charge is -2.21. The monoisotopic (exact) mass is 495 g/mol. The van der Waals surface area contributed by atoms with Gasteiger partial charge in [-0.3, -0.25) is 20.1 Å². The van der Waals surface area contributed by atoms with Crippen LogP contribution in [-0.4, -0.2) is 29.1 Å². The van der Waals surface area contributed by atoms with Crippen molar-refractivity contribution in [3.63, 3.8) is 0 Å². The molecule has 0 spiro atoms. The van der Waals surface area contributed by atoms with Gasteiger partial charge in [0, 0.05) is 25.1 Å².